The van der Waals surface area contributed by atoms with Gasteiger partial charge in [-0.05, 0) is 134 Å². The molecule has 6 aromatic rings. The Bertz CT molecular complexity index is 3040. The molecule has 8 rings (SSSR count). The van der Waals surface area contributed by atoms with Gasteiger partial charge in [-0.1, -0.05) is 71.2 Å². The first-order valence-corrected chi connectivity index (χ1v) is 25.8. The van der Waals surface area contributed by atoms with Crippen molar-refractivity contribution in [3.63, 3.8) is 0 Å². The number of hydrogen-bond acceptors (Lipinski definition) is 15. The van der Waals surface area contributed by atoms with Crippen LogP contribution in [0.15, 0.2) is 72.8 Å². The molecule has 18 heteroatoms. The Kier molecular flexibility index (Phi) is 17.6. The van der Waals surface area contributed by atoms with Gasteiger partial charge >= 0.3 is 18.0 Å². The van der Waals surface area contributed by atoms with E-state index in [-0.39, 0.29) is 43.4 Å². The average Bonchev–Trinajstić information content (AvgIpc) is 4.08. The summed E-state index contributed by atoms with van der Waals surface area (Å²) in [5.74, 6) is 0.349. The van der Waals surface area contributed by atoms with E-state index in [1.165, 1.54) is 52.9 Å². The number of esters is 2. The standard InChI is InChI=1S/C30H34N4O5S.C25H26N4O3S/c1-18(2)38-25-15-14-19(16-23(25)31-6)27-32-33-28(40-27)22-12-8-11-21-20(22)10-9-13-24(21)34(17-26(35)37-7)29(36)39-30(3,4)5;1-15(2)32-22-12-11-16(13-21(22)26-3)24-28-29-25(33-24)19-9-5-8-18-17(19)7-6-10-20(18)27-14-23(30)31-4/h8,11-12,14-16,18,24H,9-10,13,17H2,1-5,7H3;5,8-9,11-13,15,20,27H,6-7,10,14H2,1-2,4H3/t24-;20-/m11/s1. The predicted octanol–water partition coefficient (Wildman–Crippen LogP) is 12.3. The van der Waals surface area contributed by atoms with Gasteiger partial charge in [-0.2, -0.15) is 0 Å². The van der Waals surface area contributed by atoms with E-state index in [0.29, 0.717) is 34.3 Å². The lowest BCUT2D eigenvalue weighted by Crippen LogP contribution is -2.43. The fourth-order valence-electron chi connectivity index (χ4n) is 8.79. The van der Waals surface area contributed by atoms with Gasteiger partial charge in [0.2, 0.25) is 11.4 Å². The van der Waals surface area contributed by atoms with Crippen molar-refractivity contribution in [2.24, 2.45) is 0 Å². The van der Waals surface area contributed by atoms with Gasteiger partial charge < -0.3 is 29.0 Å². The quantitative estimate of drug-likeness (QED) is 0.0621. The fourth-order valence-corrected chi connectivity index (χ4v) is 10.6. The van der Waals surface area contributed by atoms with Crippen molar-refractivity contribution in [3.05, 3.63) is 118 Å². The second-order valence-electron chi connectivity index (χ2n) is 19.0. The van der Waals surface area contributed by atoms with Gasteiger partial charge in [0.25, 0.3) is 0 Å². The number of benzene rings is 4. The molecule has 2 atom stereocenters. The minimum Gasteiger partial charge on any atom is -0.502 e. The largest absolute Gasteiger partial charge is 0.502 e. The lowest BCUT2D eigenvalue weighted by atomic mass is 9.84. The van der Waals surface area contributed by atoms with E-state index in [0.717, 1.165) is 80.5 Å². The molecule has 16 nitrogen and oxygen atoms in total. The van der Waals surface area contributed by atoms with Crippen LogP contribution in [0.3, 0.4) is 0 Å². The Morgan fingerprint density at radius 1 is 0.699 bits per heavy atom. The molecule has 1 N–H and O–H groups in total. The van der Waals surface area contributed by atoms with Gasteiger partial charge in [-0.3, -0.25) is 14.5 Å². The van der Waals surface area contributed by atoms with Gasteiger partial charge in [-0.15, -0.1) is 20.4 Å². The van der Waals surface area contributed by atoms with E-state index < -0.39 is 17.7 Å². The van der Waals surface area contributed by atoms with Crippen molar-refractivity contribution in [3.8, 4) is 53.8 Å². The first-order valence-electron chi connectivity index (χ1n) is 24.2. The first kappa shape index (κ1) is 53.5. The molecule has 2 aliphatic carbocycles. The molecular formula is C55H60N8O8S2. The highest BCUT2D eigenvalue weighted by Gasteiger charge is 2.35. The summed E-state index contributed by atoms with van der Waals surface area (Å²) in [7, 11) is 2.71. The highest BCUT2D eigenvalue weighted by atomic mass is 32.1. The van der Waals surface area contributed by atoms with Crippen molar-refractivity contribution in [1.29, 1.82) is 0 Å². The number of carbonyl (C=O) groups excluding carboxylic acids is 3. The summed E-state index contributed by atoms with van der Waals surface area (Å²) in [5.41, 5.74) is 8.32. The molecular weight excluding hydrogens is 965 g/mol. The normalized spacial score (nSPS) is 14.9. The van der Waals surface area contributed by atoms with E-state index in [2.05, 4.69) is 47.5 Å². The molecule has 0 fully saturated rings. The lowest BCUT2D eigenvalue weighted by Gasteiger charge is -2.36. The Labute approximate surface area is 434 Å². The second-order valence-corrected chi connectivity index (χ2v) is 20.9. The topological polar surface area (TPSA) is 173 Å². The van der Waals surface area contributed by atoms with Crippen LogP contribution in [0.5, 0.6) is 11.5 Å². The zero-order valence-corrected chi connectivity index (χ0v) is 44.2. The Morgan fingerprint density at radius 2 is 1.19 bits per heavy atom. The minimum absolute atomic E-state index is 0.000302. The van der Waals surface area contributed by atoms with Gasteiger partial charge in [0.1, 0.15) is 43.7 Å². The number of amides is 1. The monoisotopic (exact) mass is 1020 g/mol. The van der Waals surface area contributed by atoms with Crippen molar-refractivity contribution in [1.82, 2.24) is 30.6 Å². The third-order valence-corrected chi connectivity index (χ3v) is 13.9. The first-order chi connectivity index (χ1) is 35.0. The molecule has 2 heterocycles. The summed E-state index contributed by atoms with van der Waals surface area (Å²) < 4.78 is 26.8. The number of methoxy groups -OCH3 is 2. The maximum absolute atomic E-state index is 13.2. The Balaban J connectivity index is 0.000000218. The second kappa shape index (κ2) is 24.0. The number of rotatable bonds is 14. The molecule has 73 heavy (non-hydrogen) atoms. The van der Waals surface area contributed by atoms with Gasteiger partial charge in [0.05, 0.1) is 52.2 Å². The van der Waals surface area contributed by atoms with Crippen LogP contribution in [0.25, 0.3) is 52.0 Å². The molecule has 1 amide bonds. The molecule has 2 aliphatic rings. The van der Waals surface area contributed by atoms with Crippen LogP contribution in [0.1, 0.15) is 108 Å². The minimum atomic E-state index is -0.708. The molecule has 0 radical (unpaired) electrons. The average molecular weight is 1030 g/mol. The zero-order chi connectivity index (χ0) is 52.4. The molecule has 0 saturated carbocycles. The van der Waals surface area contributed by atoms with E-state index in [1.807, 2.05) is 76.2 Å². The maximum Gasteiger partial charge on any atom is 0.411 e. The summed E-state index contributed by atoms with van der Waals surface area (Å²) >= 11 is 2.96. The number of fused-ring (bicyclic) bond motifs is 2. The molecule has 0 aliphatic heterocycles. The van der Waals surface area contributed by atoms with Crippen LogP contribution in [-0.4, -0.2) is 88.4 Å². The van der Waals surface area contributed by atoms with Crippen molar-refractivity contribution >= 4 is 52.1 Å². The Morgan fingerprint density at radius 3 is 1.68 bits per heavy atom. The SMILES string of the molecule is [C-]#[N+]c1cc(-c2nnc(-c3cccc4c3CCC[C@H]4N(CC(=O)OC)C(=O)OC(C)(C)C)s2)ccc1OC(C)C.[C-]#[N+]c1cc(-c2nnc(-c3cccc4c3CCC[C@H]4NCC(=O)OC)s2)ccc1OC(C)C. The number of nitrogens with one attached hydrogen (secondary N) is 1. The third-order valence-electron chi connectivity index (χ3n) is 11.9. The van der Waals surface area contributed by atoms with E-state index in [1.54, 1.807) is 32.9 Å². The molecule has 2 aromatic heterocycles. The smallest absolute Gasteiger partial charge is 0.411 e. The van der Waals surface area contributed by atoms with Crippen LogP contribution >= 0.6 is 22.7 Å². The molecule has 0 saturated heterocycles. The number of aromatic nitrogens is 4. The summed E-state index contributed by atoms with van der Waals surface area (Å²) in [6.07, 6.45) is 4.69. The maximum atomic E-state index is 13.2. The van der Waals surface area contributed by atoms with Crippen LogP contribution in [0.4, 0.5) is 16.2 Å². The lowest BCUT2D eigenvalue weighted by molar-refractivity contribution is -0.142. The fraction of sp³-hybridized carbons (Fsp3) is 0.400. The molecule has 0 bridgehead atoms. The van der Waals surface area contributed by atoms with E-state index in [9.17, 15) is 14.4 Å². The van der Waals surface area contributed by atoms with Crippen LogP contribution < -0.4 is 14.8 Å². The number of ether oxygens (including phenoxy) is 5. The van der Waals surface area contributed by atoms with E-state index >= 15 is 0 Å². The summed E-state index contributed by atoms with van der Waals surface area (Å²) in [6, 6.07) is 22.9. The highest BCUT2D eigenvalue weighted by molar-refractivity contribution is 7.18. The summed E-state index contributed by atoms with van der Waals surface area (Å²) in [5, 5.41) is 24.2. The van der Waals surface area contributed by atoms with Crippen LogP contribution in [0, 0.1) is 13.1 Å². The number of carbonyl (C=O) groups is 3. The molecule has 0 spiro atoms. The number of nitrogens with zero attached hydrogens (tertiary/aromatic N) is 7. The molecule has 4 aromatic carbocycles. The Hall–Kier alpha value is -7.25. The summed E-state index contributed by atoms with van der Waals surface area (Å²) in [6.45, 7) is 28.2. The van der Waals surface area contributed by atoms with Gasteiger partial charge in [0.15, 0.2) is 0 Å². The van der Waals surface area contributed by atoms with E-state index in [4.69, 9.17) is 36.8 Å². The van der Waals surface area contributed by atoms with Gasteiger partial charge in [0, 0.05) is 28.3 Å². The van der Waals surface area contributed by atoms with Crippen molar-refractivity contribution < 1.29 is 38.1 Å². The highest BCUT2D eigenvalue weighted by Crippen LogP contribution is 2.44. The number of hydrogen-bond donors (Lipinski definition) is 1. The molecule has 380 valence electrons. The third kappa shape index (κ3) is 13.2. The van der Waals surface area contributed by atoms with Crippen LogP contribution in [0.2, 0.25) is 0 Å². The summed E-state index contributed by atoms with van der Waals surface area (Å²) in [4.78, 5) is 45.8. The molecule has 0 unspecified atom stereocenters. The van der Waals surface area contributed by atoms with Gasteiger partial charge in [-0.25, -0.2) is 14.5 Å². The van der Waals surface area contributed by atoms with Crippen molar-refractivity contribution in [2.45, 2.75) is 117 Å². The predicted molar refractivity (Wildman–Crippen MR) is 282 cm³/mol. The van der Waals surface area contributed by atoms with Crippen molar-refractivity contribution in [2.75, 3.05) is 27.3 Å². The van der Waals surface area contributed by atoms with Crippen LogP contribution in [-0.2, 0) is 36.6 Å². The zero-order valence-electron chi connectivity index (χ0n) is 42.6.